The van der Waals surface area contributed by atoms with Gasteiger partial charge in [0.2, 0.25) is 0 Å². The van der Waals surface area contributed by atoms with Crippen molar-refractivity contribution in [2.24, 2.45) is 0 Å². The van der Waals surface area contributed by atoms with Crippen LogP contribution in [0.15, 0.2) is 72.8 Å². The molecule has 61 heavy (non-hydrogen) atoms. The normalized spacial score (nSPS) is 11.8. The van der Waals surface area contributed by atoms with Gasteiger partial charge in [0.25, 0.3) is 20.2 Å². The number of aromatic nitrogens is 2. The van der Waals surface area contributed by atoms with Crippen LogP contribution in [0.3, 0.4) is 0 Å². The average Bonchev–Trinajstić information content (AvgIpc) is 3.85. The smallest absolute Gasteiger partial charge is 0.356 e. The van der Waals surface area contributed by atoms with Crippen molar-refractivity contribution in [3.63, 3.8) is 0 Å². The van der Waals surface area contributed by atoms with E-state index < -0.39 is 32.2 Å². The van der Waals surface area contributed by atoms with Gasteiger partial charge in [-0.15, -0.1) is 0 Å². The minimum Gasteiger partial charge on any atom is -0.494 e. The fourth-order valence-electron chi connectivity index (χ4n) is 4.93. The molecule has 1 aliphatic rings. The van der Waals surface area contributed by atoms with E-state index in [1.165, 1.54) is 33.1 Å². The van der Waals surface area contributed by atoms with Crippen molar-refractivity contribution >= 4 is 32.2 Å². The number of aliphatic hydroxyl groups is 1. The SMILES string of the molecule is C1CCOC1.CCc1cc(C#Cc2ccc(OCCCS(=O)(=O)O)cc2)cc(C(=O)OC)n1.COC(=O)c1cc(C#Cc2ccc(OCCCS(=O)(=O)O)cc2)cc(CO)n1. The van der Waals surface area contributed by atoms with Crippen molar-refractivity contribution < 1.29 is 64.3 Å². The molecule has 3 N–H and O–H groups in total. The molecule has 1 aliphatic heterocycles. The summed E-state index contributed by atoms with van der Waals surface area (Å²) < 4.78 is 85.0. The molecule has 3 heterocycles. The van der Waals surface area contributed by atoms with E-state index in [9.17, 15) is 31.5 Å². The Hall–Kier alpha value is -5.86. The summed E-state index contributed by atoms with van der Waals surface area (Å²) in [7, 11) is -5.40. The molecule has 1 saturated heterocycles. The molecule has 5 rings (SSSR count). The highest BCUT2D eigenvalue weighted by Gasteiger charge is 2.11. The van der Waals surface area contributed by atoms with Gasteiger partial charge in [0.05, 0.1) is 51.2 Å². The van der Waals surface area contributed by atoms with E-state index in [2.05, 4.69) is 38.4 Å². The number of nitrogens with zero attached hydrogens (tertiary/aromatic N) is 2. The highest BCUT2D eigenvalue weighted by atomic mass is 32.2. The Labute approximate surface area is 356 Å². The molecule has 2 aromatic carbocycles. The van der Waals surface area contributed by atoms with E-state index in [0.717, 1.165) is 24.5 Å². The Morgan fingerprint density at radius 3 is 1.38 bits per heavy atom. The van der Waals surface area contributed by atoms with Crippen LogP contribution in [0.2, 0.25) is 0 Å². The summed E-state index contributed by atoms with van der Waals surface area (Å²) in [5.41, 5.74) is 3.95. The van der Waals surface area contributed by atoms with Crippen LogP contribution in [0, 0.1) is 23.7 Å². The lowest BCUT2D eigenvalue weighted by atomic mass is 10.1. The Bertz CT molecular complexity index is 2220. The molecule has 0 spiro atoms. The first-order valence-corrected chi connectivity index (χ1v) is 22.1. The lowest BCUT2D eigenvalue weighted by Crippen LogP contribution is -2.08. The maximum Gasteiger partial charge on any atom is 0.356 e. The number of carbonyl (C=O) groups is 2. The lowest BCUT2D eigenvalue weighted by molar-refractivity contribution is 0.0585. The summed E-state index contributed by atoms with van der Waals surface area (Å²) in [5.74, 6) is 11.2. The van der Waals surface area contributed by atoms with Crippen LogP contribution in [0.5, 0.6) is 11.5 Å². The zero-order valence-electron chi connectivity index (χ0n) is 34.0. The van der Waals surface area contributed by atoms with Crippen LogP contribution in [-0.4, -0.2) is 105 Å². The molecule has 0 atom stereocenters. The van der Waals surface area contributed by atoms with Crippen LogP contribution < -0.4 is 9.47 Å². The highest BCUT2D eigenvalue weighted by Crippen LogP contribution is 2.15. The van der Waals surface area contributed by atoms with Gasteiger partial charge in [0.1, 0.15) is 22.9 Å². The number of benzene rings is 2. The zero-order valence-corrected chi connectivity index (χ0v) is 35.6. The van der Waals surface area contributed by atoms with Crippen LogP contribution in [0.1, 0.15) is 87.2 Å². The molecule has 18 heteroatoms. The molecule has 0 aliphatic carbocycles. The number of pyridine rings is 2. The largest absolute Gasteiger partial charge is 0.494 e. The first-order chi connectivity index (χ1) is 29.1. The third-order valence-electron chi connectivity index (χ3n) is 7.94. The standard InChI is InChI=1S/C20H21NO6S.C19H19NO7S.C4H8O/c1-3-17-13-16(14-19(21-17)20(22)26-2)6-5-15-7-9-18(10-8-15)27-11-4-12-28(23,24)25;1-26-19(22)18-12-15(11-16(13-21)20-18)4-3-14-5-7-17(8-6-14)27-9-2-10-28(23,24)25;1-2-4-5-3-1/h7-10,13-14H,3-4,11-12H2,1-2H3,(H,23,24,25);5-8,11-12,21H,2,9-10,13H2,1H3,(H,23,24,25);1-4H2. The summed E-state index contributed by atoms with van der Waals surface area (Å²) in [4.78, 5) is 31.6. The molecule has 16 nitrogen and oxygen atoms in total. The van der Waals surface area contributed by atoms with Crippen LogP contribution >= 0.6 is 0 Å². The van der Waals surface area contributed by atoms with Crippen molar-refractivity contribution in [3.8, 4) is 35.2 Å². The Morgan fingerprint density at radius 2 is 1.03 bits per heavy atom. The van der Waals surface area contributed by atoms with E-state index in [0.29, 0.717) is 40.3 Å². The van der Waals surface area contributed by atoms with Gasteiger partial charge in [-0.05, 0) is 105 Å². The van der Waals surface area contributed by atoms with Crippen molar-refractivity contribution in [2.45, 2.75) is 45.6 Å². The molecule has 0 saturated carbocycles. The Kier molecular flexibility index (Phi) is 20.8. The first kappa shape index (κ1) is 49.5. The van der Waals surface area contributed by atoms with E-state index >= 15 is 0 Å². The van der Waals surface area contributed by atoms with Gasteiger partial charge in [-0.25, -0.2) is 19.6 Å². The van der Waals surface area contributed by atoms with E-state index in [4.69, 9.17) is 28.1 Å². The molecule has 2 aromatic heterocycles. The summed E-state index contributed by atoms with van der Waals surface area (Å²) in [6.45, 7) is 3.94. The second kappa shape index (κ2) is 25.7. The van der Waals surface area contributed by atoms with Gasteiger partial charge in [-0.1, -0.05) is 30.6 Å². The molecule has 0 amide bonds. The zero-order chi connectivity index (χ0) is 44.7. The number of aliphatic hydroxyl groups excluding tert-OH is 1. The van der Waals surface area contributed by atoms with E-state index in [1.807, 2.05) is 13.0 Å². The summed E-state index contributed by atoms with van der Waals surface area (Å²) in [6.07, 6.45) is 3.60. The predicted octanol–water partition coefficient (Wildman–Crippen LogP) is 4.70. The van der Waals surface area contributed by atoms with Gasteiger partial charge < -0.3 is 28.8 Å². The maximum absolute atomic E-state index is 11.7. The summed E-state index contributed by atoms with van der Waals surface area (Å²) in [6, 6.07) is 20.3. The van der Waals surface area contributed by atoms with Gasteiger partial charge in [0.15, 0.2) is 0 Å². The number of methoxy groups -OCH3 is 2. The van der Waals surface area contributed by atoms with E-state index in [1.54, 1.807) is 60.7 Å². The van der Waals surface area contributed by atoms with E-state index in [-0.39, 0.29) is 55.6 Å². The number of hydrogen-bond acceptors (Lipinski definition) is 14. The molecule has 4 aromatic rings. The average molecular weight is 881 g/mol. The van der Waals surface area contributed by atoms with Crippen LogP contribution in [-0.2, 0) is 47.5 Å². The number of hydrogen-bond donors (Lipinski definition) is 3. The number of aryl methyl sites for hydroxylation is 1. The molecular formula is C43H48N2O14S2. The van der Waals surface area contributed by atoms with Gasteiger partial charge in [-0.2, -0.15) is 16.8 Å². The number of rotatable bonds is 14. The topological polar surface area (TPSA) is 235 Å². The quantitative estimate of drug-likeness (QED) is 0.0674. The minimum absolute atomic E-state index is 0.0620. The molecular weight excluding hydrogens is 833 g/mol. The van der Waals surface area contributed by atoms with Crippen LogP contribution in [0.25, 0.3) is 0 Å². The Balaban J connectivity index is 0.000000291. The highest BCUT2D eigenvalue weighted by molar-refractivity contribution is 7.86. The second-order valence-electron chi connectivity index (χ2n) is 12.8. The molecule has 0 radical (unpaired) electrons. The summed E-state index contributed by atoms with van der Waals surface area (Å²) >= 11 is 0. The predicted molar refractivity (Wildman–Crippen MR) is 224 cm³/mol. The first-order valence-electron chi connectivity index (χ1n) is 18.9. The lowest BCUT2D eigenvalue weighted by Gasteiger charge is -2.05. The number of carbonyl (C=O) groups excluding carboxylic acids is 2. The maximum atomic E-state index is 11.7. The van der Waals surface area contributed by atoms with Crippen molar-refractivity contribution in [1.82, 2.24) is 9.97 Å². The molecule has 1 fully saturated rings. The van der Waals surface area contributed by atoms with Gasteiger partial charge in [-0.3, -0.25) is 9.11 Å². The van der Waals surface area contributed by atoms with Gasteiger partial charge in [0, 0.05) is 41.2 Å². The van der Waals surface area contributed by atoms with Crippen LogP contribution in [0.4, 0.5) is 0 Å². The third kappa shape index (κ3) is 20.3. The van der Waals surface area contributed by atoms with Gasteiger partial charge >= 0.3 is 11.9 Å². The fraction of sp³-hybridized carbons (Fsp3) is 0.349. The Morgan fingerprint density at radius 1 is 0.639 bits per heavy atom. The third-order valence-corrected chi connectivity index (χ3v) is 9.55. The summed E-state index contributed by atoms with van der Waals surface area (Å²) in [5, 5.41) is 9.27. The number of esters is 2. The van der Waals surface area contributed by atoms with Crippen molar-refractivity contribution in [1.29, 1.82) is 0 Å². The fourth-order valence-corrected chi connectivity index (χ4v) is 5.90. The minimum atomic E-state index is -3.98. The molecule has 326 valence electrons. The van der Waals surface area contributed by atoms with Crippen molar-refractivity contribution in [3.05, 3.63) is 118 Å². The monoisotopic (exact) mass is 880 g/mol. The van der Waals surface area contributed by atoms with Crippen molar-refractivity contribution in [2.75, 3.05) is 52.2 Å². The molecule has 0 unspecified atom stereocenters. The second-order valence-corrected chi connectivity index (χ2v) is 15.9. The number of ether oxygens (including phenoxy) is 5. The molecule has 0 bridgehead atoms.